The van der Waals surface area contributed by atoms with Gasteiger partial charge in [-0.1, -0.05) is 29.3 Å². The molecule has 0 atom stereocenters. The van der Waals surface area contributed by atoms with E-state index in [1.165, 1.54) is 0 Å². The summed E-state index contributed by atoms with van der Waals surface area (Å²) < 4.78 is 0. The second-order valence-corrected chi connectivity index (χ2v) is 5.21. The molecular weight excluding hydrogens is 275 g/mol. The zero-order chi connectivity index (χ0) is 12.3. The van der Waals surface area contributed by atoms with E-state index in [2.05, 4.69) is 4.98 Å². The van der Waals surface area contributed by atoms with Gasteiger partial charge >= 0.3 is 0 Å². The highest BCUT2D eigenvalue weighted by Gasteiger charge is 2.05. The van der Waals surface area contributed by atoms with E-state index < -0.39 is 0 Å². The third-order valence-electron chi connectivity index (χ3n) is 2.17. The molecule has 0 bridgehead atoms. The lowest BCUT2D eigenvalue weighted by molar-refractivity contribution is 1.27. The molecule has 0 fully saturated rings. The third kappa shape index (κ3) is 3.28. The van der Waals surface area contributed by atoms with Crippen LogP contribution in [0.15, 0.2) is 41.4 Å². The Hall–Kier alpha value is -0.900. The molecule has 2 rings (SSSR count). The maximum atomic E-state index is 6.09. The Bertz CT molecular complexity index is 511. The van der Waals surface area contributed by atoms with E-state index in [1.807, 2.05) is 30.3 Å². The van der Waals surface area contributed by atoms with E-state index in [0.717, 1.165) is 16.2 Å². The largest absolute Gasteiger partial charge is 0.398 e. The van der Waals surface area contributed by atoms with Crippen molar-refractivity contribution in [2.45, 2.75) is 10.6 Å². The van der Waals surface area contributed by atoms with Crippen LogP contribution in [0.5, 0.6) is 0 Å². The van der Waals surface area contributed by atoms with Gasteiger partial charge in [0.1, 0.15) is 5.15 Å². The van der Waals surface area contributed by atoms with Crippen LogP contribution in [0.2, 0.25) is 10.2 Å². The Labute approximate surface area is 114 Å². The maximum Gasteiger partial charge on any atom is 0.129 e. The van der Waals surface area contributed by atoms with Crippen LogP contribution in [0.4, 0.5) is 5.69 Å². The molecular formula is C12H10Cl2N2S. The van der Waals surface area contributed by atoms with Gasteiger partial charge < -0.3 is 5.73 Å². The van der Waals surface area contributed by atoms with Crippen molar-refractivity contribution in [2.75, 3.05) is 5.73 Å². The Balaban J connectivity index is 2.13. The SMILES string of the molecule is Nc1cccc(Cl)c1SCc1ccnc(Cl)c1. The average Bonchev–Trinajstić information content (AvgIpc) is 2.28. The van der Waals surface area contributed by atoms with Crippen LogP contribution >= 0.6 is 35.0 Å². The van der Waals surface area contributed by atoms with E-state index in [4.69, 9.17) is 28.9 Å². The number of rotatable bonds is 3. The number of hydrogen-bond donors (Lipinski definition) is 1. The van der Waals surface area contributed by atoms with E-state index in [1.54, 1.807) is 18.0 Å². The van der Waals surface area contributed by atoms with Crippen LogP contribution in [-0.2, 0) is 5.75 Å². The number of pyridine rings is 1. The van der Waals surface area contributed by atoms with Gasteiger partial charge in [-0.3, -0.25) is 0 Å². The predicted molar refractivity (Wildman–Crippen MR) is 74.7 cm³/mol. The number of hydrogen-bond acceptors (Lipinski definition) is 3. The van der Waals surface area contributed by atoms with Gasteiger partial charge in [0.15, 0.2) is 0 Å². The second-order valence-electron chi connectivity index (χ2n) is 3.43. The highest BCUT2D eigenvalue weighted by Crippen LogP contribution is 2.34. The predicted octanol–water partition coefficient (Wildman–Crippen LogP) is 4.26. The first-order chi connectivity index (χ1) is 8.16. The van der Waals surface area contributed by atoms with E-state index >= 15 is 0 Å². The minimum atomic E-state index is 0.496. The molecule has 0 aliphatic heterocycles. The van der Waals surface area contributed by atoms with Crippen LogP contribution < -0.4 is 5.73 Å². The van der Waals surface area contributed by atoms with Gasteiger partial charge in [0, 0.05) is 22.5 Å². The fourth-order valence-electron chi connectivity index (χ4n) is 1.37. The summed E-state index contributed by atoms with van der Waals surface area (Å²) in [4.78, 5) is 4.84. The zero-order valence-corrected chi connectivity index (χ0v) is 11.2. The molecule has 17 heavy (non-hydrogen) atoms. The number of benzene rings is 1. The minimum absolute atomic E-state index is 0.496. The van der Waals surface area contributed by atoms with Gasteiger partial charge in [-0.15, -0.1) is 11.8 Å². The molecule has 1 aromatic heterocycles. The number of nitrogens with two attached hydrogens (primary N) is 1. The number of aromatic nitrogens is 1. The number of anilines is 1. The lowest BCUT2D eigenvalue weighted by atomic mass is 10.3. The summed E-state index contributed by atoms with van der Waals surface area (Å²) in [6.45, 7) is 0. The number of halogens is 2. The summed E-state index contributed by atoms with van der Waals surface area (Å²) in [7, 11) is 0. The van der Waals surface area contributed by atoms with Crippen molar-refractivity contribution in [1.82, 2.24) is 4.98 Å². The average molecular weight is 285 g/mol. The van der Waals surface area contributed by atoms with Gasteiger partial charge in [0.2, 0.25) is 0 Å². The monoisotopic (exact) mass is 284 g/mol. The molecule has 0 spiro atoms. The first-order valence-electron chi connectivity index (χ1n) is 4.94. The van der Waals surface area contributed by atoms with E-state index in [0.29, 0.717) is 15.9 Å². The van der Waals surface area contributed by atoms with Crippen molar-refractivity contribution < 1.29 is 0 Å². The van der Waals surface area contributed by atoms with Crippen LogP contribution in [0.25, 0.3) is 0 Å². The Morgan fingerprint density at radius 2 is 2.06 bits per heavy atom. The molecule has 0 amide bonds. The van der Waals surface area contributed by atoms with Crippen LogP contribution in [0, 0.1) is 0 Å². The second kappa shape index (κ2) is 5.63. The van der Waals surface area contributed by atoms with Crippen LogP contribution in [-0.4, -0.2) is 4.98 Å². The zero-order valence-electron chi connectivity index (χ0n) is 8.86. The van der Waals surface area contributed by atoms with Crippen molar-refractivity contribution in [1.29, 1.82) is 0 Å². The van der Waals surface area contributed by atoms with Crippen molar-refractivity contribution in [2.24, 2.45) is 0 Å². The van der Waals surface area contributed by atoms with Crippen molar-refractivity contribution in [3.63, 3.8) is 0 Å². The van der Waals surface area contributed by atoms with Crippen molar-refractivity contribution in [3.8, 4) is 0 Å². The number of nitrogens with zero attached hydrogens (tertiary/aromatic N) is 1. The quantitative estimate of drug-likeness (QED) is 0.520. The minimum Gasteiger partial charge on any atom is -0.398 e. The standard InChI is InChI=1S/C12H10Cl2N2S/c13-9-2-1-3-10(15)12(9)17-7-8-4-5-16-11(14)6-8/h1-6H,7,15H2. The highest BCUT2D eigenvalue weighted by molar-refractivity contribution is 7.98. The first kappa shape index (κ1) is 12.6. The number of nitrogen functional groups attached to an aromatic ring is 1. The lowest BCUT2D eigenvalue weighted by Crippen LogP contribution is -1.90. The molecule has 0 saturated heterocycles. The third-order valence-corrected chi connectivity index (χ3v) is 4.03. The molecule has 0 unspecified atom stereocenters. The Morgan fingerprint density at radius 1 is 1.24 bits per heavy atom. The smallest absolute Gasteiger partial charge is 0.129 e. The van der Waals surface area contributed by atoms with Gasteiger partial charge in [-0.2, -0.15) is 0 Å². The van der Waals surface area contributed by atoms with E-state index in [9.17, 15) is 0 Å². The molecule has 2 nitrogen and oxygen atoms in total. The summed E-state index contributed by atoms with van der Waals surface area (Å²) in [6.07, 6.45) is 1.69. The molecule has 88 valence electrons. The lowest BCUT2D eigenvalue weighted by Gasteiger charge is -2.07. The fraction of sp³-hybridized carbons (Fsp3) is 0.0833. The molecule has 1 aromatic carbocycles. The summed E-state index contributed by atoms with van der Waals surface area (Å²) in [5.41, 5.74) is 7.66. The molecule has 0 radical (unpaired) electrons. The van der Waals surface area contributed by atoms with Crippen molar-refractivity contribution in [3.05, 3.63) is 52.3 Å². The molecule has 2 aromatic rings. The summed E-state index contributed by atoms with van der Waals surface area (Å²) in [5, 5.41) is 1.17. The first-order valence-corrected chi connectivity index (χ1v) is 6.68. The van der Waals surface area contributed by atoms with Gasteiger partial charge in [-0.05, 0) is 29.8 Å². The Kier molecular flexibility index (Phi) is 4.15. The molecule has 2 N–H and O–H groups in total. The summed E-state index contributed by atoms with van der Waals surface area (Å²) in [6, 6.07) is 9.27. The fourth-order valence-corrected chi connectivity index (χ4v) is 2.84. The summed E-state index contributed by atoms with van der Waals surface area (Å²) >= 11 is 13.5. The topological polar surface area (TPSA) is 38.9 Å². The molecule has 5 heteroatoms. The molecule has 0 aliphatic rings. The molecule has 1 heterocycles. The van der Waals surface area contributed by atoms with Gasteiger partial charge in [0.25, 0.3) is 0 Å². The Morgan fingerprint density at radius 3 is 2.76 bits per heavy atom. The van der Waals surface area contributed by atoms with Gasteiger partial charge in [0.05, 0.1) is 5.02 Å². The van der Waals surface area contributed by atoms with E-state index in [-0.39, 0.29) is 0 Å². The van der Waals surface area contributed by atoms with Crippen molar-refractivity contribution >= 4 is 40.7 Å². The number of thioether (sulfide) groups is 1. The van der Waals surface area contributed by atoms with Gasteiger partial charge in [-0.25, -0.2) is 4.98 Å². The highest BCUT2D eigenvalue weighted by atomic mass is 35.5. The normalized spacial score (nSPS) is 10.5. The molecule has 0 aliphatic carbocycles. The van der Waals surface area contributed by atoms with Crippen LogP contribution in [0.1, 0.15) is 5.56 Å². The maximum absolute atomic E-state index is 6.09. The summed E-state index contributed by atoms with van der Waals surface area (Å²) in [5.74, 6) is 0.760. The van der Waals surface area contributed by atoms with Crippen LogP contribution in [0.3, 0.4) is 0 Å². The molecule has 0 saturated carbocycles.